The zero-order valence-corrected chi connectivity index (χ0v) is 10.1. The molecule has 1 aliphatic heterocycles. The number of halogens is 2. The van der Waals surface area contributed by atoms with Crippen molar-refractivity contribution in [3.05, 3.63) is 22.5 Å². The first kappa shape index (κ1) is 12.4. The van der Waals surface area contributed by atoms with Gasteiger partial charge in [-0.2, -0.15) is 0 Å². The number of aromatic hydroxyl groups is 1. The lowest BCUT2D eigenvalue weighted by molar-refractivity contribution is 0.0259. The Hall–Kier alpha value is -1.04. The third kappa shape index (κ3) is 2.31. The van der Waals surface area contributed by atoms with Crippen LogP contribution in [0.15, 0.2) is 6.07 Å². The minimum Gasteiger partial charge on any atom is -0.504 e. The van der Waals surface area contributed by atoms with Gasteiger partial charge in [-0.05, 0) is 0 Å². The van der Waals surface area contributed by atoms with E-state index in [4.69, 9.17) is 21.1 Å². The lowest BCUT2D eigenvalue weighted by atomic mass is 10.1. The molecule has 0 amide bonds. The van der Waals surface area contributed by atoms with Gasteiger partial charge in [0, 0.05) is 24.7 Å². The second-order valence-electron chi connectivity index (χ2n) is 3.70. The third-order valence-electron chi connectivity index (χ3n) is 2.64. The van der Waals surface area contributed by atoms with Crippen molar-refractivity contribution in [1.29, 1.82) is 0 Å². The molecule has 94 valence electrons. The molecule has 17 heavy (non-hydrogen) atoms. The first-order valence-corrected chi connectivity index (χ1v) is 5.60. The number of morpholine rings is 1. The van der Waals surface area contributed by atoms with E-state index in [0.29, 0.717) is 18.7 Å². The summed E-state index contributed by atoms with van der Waals surface area (Å²) in [4.78, 5) is 0. The summed E-state index contributed by atoms with van der Waals surface area (Å²) in [5, 5.41) is 12.7. The number of rotatable bonds is 2. The fraction of sp³-hybridized carbons (Fsp3) is 0.455. The molecule has 1 aromatic carbocycles. The molecule has 1 fully saturated rings. The number of hydrogen-bond acceptors (Lipinski definition) is 4. The molecule has 0 aromatic heterocycles. The van der Waals surface area contributed by atoms with E-state index in [-0.39, 0.29) is 16.5 Å². The van der Waals surface area contributed by atoms with Gasteiger partial charge >= 0.3 is 0 Å². The van der Waals surface area contributed by atoms with Crippen LogP contribution in [-0.4, -0.2) is 31.9 Å². The molecular weight excluding hydrogens is 249 g/mol. The van der Waals surface area contributed by atoms with Crippen molar-refractivity contribution >= 4 is 11.6 Å². The van der Waals surface area contributed by atoms with Gasteiger partial charge in [0.05, 0.1) is 18.7 Å². The maximum atomic E-state index is 13.5. The molecule has 6 heteroatoms. The molecule has 0 aliphatic carbocycles. The van der Waals surface area contributed by atoms with Gasteiger partial charge < -0.3 is 19.9 Å². The molecule has 1 unspecified atom stereocenters. The van der Waals surface area contributed by atoms with Gasteiger partial charge in [-0.1, -0.05) is 11.6 Å². The average molecular weight is 262 g/mol. The zero-order chi connectivity index (χ0) is 12.4. The normalized spacial score (nSPS) is 20.3. The first-order chi connectivity index (χ1) is 8.15. The highest BCUT2D eigenvalue weighted by Crippen LogP contribution is 2.42. The number of methoxy groups -OCH3 is 1. The number of phenols is 1. The first-order valence-electron chi connectivity index (χ1n) is 5.22. The van der Waals surface area contributed by atoms with Gasteiger partial charge in [0.2, 0.25) is 0 Å². The van der Waals surface area contributed by atoms with Gasteiger partial charge in [-0.3, -0.25) is 0 Å². The number of phenolic OH excluding ortho intramolecular Hbond substituents is 1. The summed E-state index contributed by atoms with van der Waals surface area (Å²) in [6.07, 6.45) is -0.423. The van der Waals surface area contributed by atoms with Gasteiger partial charge in [-0.25, -0.2) is 4.39 Å². The highest BCUT2D eigenvalue weighted by Gasteiger charge is 2.27. The Balaban J connectivity index is 2.48. The molecule has 1 aromatic rings. The predicted octanol–water partition coefficient (Wildman–Crippen LogP) is 1.85. The largest absolute Gasteiger partial charge is 0.504 e. The summed E-state index contributed by atoms with van der Waals surface area (Å²) in [7, 11) is 1.39. The van der Waals surface area contributed by atoms with Crippen LogP contribution in [0.4, 0.5) is 4.39 Å². The van der Waals surface area contributed by atoms with Crippen LogP contribution >= 0.6 is 11.6 Å². The van der Waals surface area contributed by atoms with E-state index < -0.39 is 11.9 Å². The molecule has 1 atom stereocenters. The molecule has 2 rings (SSSR count). The van der Waals surface area contributed by atoms with Gasteiger partial charge in [0.25, 0.3) is 0 Å². The van der Waals surface area contributed by atoms with Gasteiger partial charge in [0.15, 0.2) is 11.5 Å². The predicted molar refractivity (Wildman–Crippen MR) is 61.2 cm³/mol. The van der Waals surface area contributed by atoms with Crippen LogP contribution in [0.2, 0.25) is 5.02 Å². The third-order valence-corrected chi connectivity index (χ3v) is 3.02. The summed E-state index contributed by atoms with van der Waals surface area (Å²) in [6, 6.07) is 0.931. The minimum atomic E-state index is -0.686. The maximum absolute atomic E-state index is 13.5. The van der Waals surface area contributed by atoms with E-state index in [1.165, 1.54) is 7.11 Å². The maximum Gasteiger partial charge on any atom is 0.168 e. The van der Waals surface area contributed by atoms with Crippen LogP contribution in [0, 0.1) is 5.82 Å². The van der Waals surface area contributed by atoms with Crippen LogP contribution in [-0.2, 0) is 4.74 Å². The Labute approximate surface area is 103 Å². The Morgan fingerprint density at radius 3 is 3.00 bits per heavy atom. The minimum absolute atomic E-state index is 0.0756. The van der Waals surface area contributed by atoms with Gasteiger partial charge in [0.1, 0.15) is 11.9 Å². The number of benzene rings is 1. The standard InChI is InChI=1S/C11H13ClFNO3/c1-16-11-7(15)4-6(13)10(12)9(11)8-5-14-2-3-17-8/h4,8,14-15H,2-3,5H2,1H3. The van der Waals surface area contributed by atoms with E-state index in [1.807, 2.05) is 0 Å². The fourth-order valence-corrected chi connectivity index (χ4v) is 2.13. The van der Waals surface area contributed by atoms with Crippen LogP contribution in [0.3, 0.4) is 0 Å². The zero-order valence-electron chi connectivity index (χ0n) is 9.30. The fourth-order valence-electron chi connectivity index (χ4n) is 1.87. The molecule has 2 N–H and O–H groups in total. The second-order valence-corrected chi connectivity index (χ2v) is 4.08. The topological polar surface area (TPSA) is 50.7 Å². The molecule has 1 saturated heterocycles. The molecule has 0 spiro atoms. The molecule has 0 radical (unpaired) electrons. The highest BCUT2D eigenvalue weighted by atomic mass is 35.5. The molecule has 0 saturated carbocycles. The van der Waals surface area contributed by atoms with Crippen LogP contribution in [0.25, 0.3) is 0 Å². The van der Waals surface area contributed by atoms with Crippen molar-refractivity contribution in [3.63, 3.8) is 0 Å². The summed E-state index contributed by atoms with van der Waals surface area (Å²) in [5.74, 6) is -0.808. The van der Waals surface area contributed by atoms with Crippen LogP contribution in [0.5, 0.6) is 11.5 Å². The molecule has 4 nitrogen and oxygen atoms in total. The summed E-state index contributed by atoms with van der Waals surface area (Å²) in [6.45, 7) is 1.73. The van der Waals surface area contributed by atoms with Crippen molar-refractivity contribution in [1.82, 2.24) is 5.32 Å². The van der Waals surface area contributed by atoms with E-state index >= 15 is 0 Å². The summed E-state index contributed by atoms with van der Waals surface area (Å²) >= 11 is 5.91. The van der Waals surface area contributed by atoms with Crippen molar-refractivity contribution in [2.45, 2.75) is 6.10 Å². The van der Waals surface area contributed by atoms with E-state index in [0.717, 1.165) is 12.6 Å². The molecule has 1 aliphatic rings. The molecular formula is C11H13ClFNO3. The van der Waals surface area contributed by atoms with Crippen molar-refractivity contribution in [2.24, 2.45) is 0 Å². The quantitative estimate of drug-likeness (QED) is 0.853. The molecule has 0 bridgehead atoms. The lowest BCUT2D eigenvalue weighted by Gasteiger charge is -2.26. The van der Waals surface area contributed by atoms with E-state index in [2.05, 4.69) is 5.32 Å². The Bertz CT molecular complexity index is 422. The Kier molecular flexibility index (Phi) is 3.71. The molecule has 1 heterocycles. The second kappa shape index (κ2) is 5.08. The van der Waals surface area contributed by atoms with Crippen molar-refractivity contribution in [3.8, 4) is 11.5 Å². The van der Waals surface area contributed by atoms with Crippen molar-refractivity contribution < 1.29 is 19.0 Å². The van der Waals surface area contributed by atoms with E-state index in [9.17, 15) is 9.50 Å². The van der Waals surface area contributed by atoms with Crippen LogP contribution < -0.4 is 10.1 Å². The number of nitrogens with one attached hydrogen (secondary N) is 1. The SMILES string of the molecule is COc1c(O)cc(F)c(Cl)c1C1CNCCO1. The average Bonchev–Trinajstić information content (AvgIpc) is 2.34. The smallest absolute Gasteiger partial charge is 0.168 e. The van der Waals surface area contributed by atoms with Gasteiger partial charge in [-0.15, -0.1) is 0 Å². The lowest BCUT2D eigenvalue weighted by Crippen LogP contribution is -2.33. The van der Waals surface area contributed by atoms with Crippen LogP contribution in [0.1, 0.15) is 11.7 Å². The number of hydrogen-bond donors (Lipinski definition) is 2. The summed E-state index contributed by atoms with van der Waals surface area (Å²) in [5.41, 5.74) is 0.346. The Morgan fingerprint density at radius 1 is 1.65 bits per heavy atom. The number of ether oxygens (including phenoxy) is 2. The Morgan fingerprint density at radius 2 is 2.41 bits per heavy atom. The van der Waals surface area contributed by atoms with Crippen molar-refractivity contribution in [2.75, 3.05) is 26.8 Å². The monoisotopic (exact) mass is 261 g/mol. The van der Waals surface area contributed by atoms with E-state index in [1.54, 1.807) is 0 Å². The highest BCUT2D eigenvalue weighted by molar-refractivity contribution is 6.31. The summed E-state index contributed by atoms with van der Waals surface area (Å²) < 4.78 is 24.0.